The van der Waals surface area contributed by atoms with Crippen LogP contribution in [0.25, 0.3) is 0 Å². The van der Waals surface area contributed by atoms with Gasteiger partial charge in [-0.25, -0.2) is 0 Å². The number of piperidine rings is 1. The lowest BCUT2D eigenvalue weighted by molar-refractivity contribution is -0.146. The first kappa shape index (κ1) is 19.0. The highest BCUT2D eigenvalue weighted by Gasteiger charge is 2.28. The molecule has 6 nitrogen and oxygen atoms in total. The van der Waals surface area contributed by atoms with Crippen molar-refractivity contribution in [1.29, 1.82) is 0 Å². The van der Waals surface area contributed by atoms with Gasteiger partial charge in [0.25, 0.3) is 0 Å². The molecule has 0 aliphatic carbocycles. The van der Waals surface area contributed by atoms with E-state index >= 15 is 0 Å². The number of rotatable bonds is 7. The largest absolute Gasteiger partial charge is 0.460 e. The Kier molecular flexibility index (Phi) is 7.44. The summed E-state index contributed by atoms with van der Waals surface area (Å²) in [5.41, 5.74) is 0.902. The quantitative estimate of drug-likeness (QED) is 0.765. The third-order valence-electron chi connectivity index (χ3n) is 4.26. The van der Waals surface area contributed by atoms with Crippen LogP contribution in [0.4, 0.5) is 0 Å². The maximum absolute atomic E-state index is 12.2. The lowest BCUT2D eigenvalue weighted by atomic mass is 9.97. The summed E-state index contributed by atoms with van der Waals surface area (Å²) in [5, 5.41) is 2.63. The molecule has 0 spiro atoms. The summed E-state index contributed by atoms with van der Waals surface area (Å²) in [4.78, 5) is 37.7. The lowest BCUT2D eigenvalue weighted by Gasteiger charge is -2.32. The number of carbonyl (C=O) groups is 3. The molecule has 2 amide bonds. The molecular weight excluding hydrogens is 320 g/mol. The molecule has 1 aromatic rings. The van der Waals surface area contributed by atoms with Gasteiger partial charge in [-0.15, -0.1) is 0 Å². The number of hydrogen-bond donors (Lipinski definition) is 1. The summed E-state index contributed by atoms with van der Waals surface area (Å²) in [5.74, 6) is -0.809. The van der Waals surface area contributed by atoms with Crippen molar-refractivity contribution >= 4 is 17.8 Å². The van der Waals surface area contributed by atoms with Gasteiger partial charge in [-0.1, -0.05) is 37.3 Å². The maximum Gasteiger partial charge on any atom is 0.325 e. The highest BCUT2D eigenvalue weighted by molar-refractivity contribution is 5.84. The molecule has 0 bridgehead atoms. The molecule has 2 rings (SSSR count). The summed E-state index contributed by atoms with van der Waals surface area (Å²) in [7, 11) is 0. The Morgan fingerprint density at radius 3 is 2.72 bits per heavy atom. The van der Waals surface area contributed by atoms with Crippen LogP contribution in [0.2, 0.25) is 0 Å². The molecule has 136 valence electrons. The zero-order chi connectivity index (χ0) is 18.1. The summed E-state index contributed by atoms with van der Waals surface area (Å²) >= 11 is 0. The Hall–Kier alpha value is -2.37. The molecular formula is C19H26N2O4. The molecule has 1 unspecified atom stereocenters. The second kappa shape index (κ2) is 9.81. The van der Waals surface area contributed by atoms with Crippen LogP contribution >= 0.6 is 0 Å². The Bertz CT molecular complexity index is 588. The van der Waals surface area contributed by atoms with Crippen LogP contribution in [0.5, 0.6) is 0 Å². The molecule has 25 heavy (non-hydrogen) atoms. The smallest absolute Gasteiger partial charge is 0.325 e. The highest BCUT2D eigenvalue weighted by Crippen LogP contribution is 2.17. The van der Waals surface area contributed by atoms with E-state index in [2.05, 4.69) is 5.32 Å². The number of hydrogen-bond acceptors (Lipinski definition) is 4. The molecule has 1 atom stereocenters. The average molecular weight is 346 g/mol. The minimum Gasteiger partial charge on any atom is -0.460 e. The molecule has 0 radical (unpaired) electrons. The minimum atomic E-state index is -0.466. The average Bonchev–Trinajstić information content (AvgIpc) is 2.65. The van der Waals surface area contributed by atoms with Gasteiger partial charge >= 0.3 is 5.97 Å². The predicted molar refractivity (Wildman–Crippen MR) is 93.5 cm³/mol. The SMILES string of the molecule is CCCC(=O)N1CCCC(C(=O)NCC(=O)OCc2ccccc2)C1. The van der Waals surface area contributed by atoms with Crippen LogP contribution in [-0.4, -0.2) is 42.3 Å². The van der Waals surface area contributed by atoms with E-state index in [0.29, 0.717) is 19.5 Å². The number of ether oxygens (including phenoxy) is 1. The van der Waals surface area contributed by atoms with E-state index in [-0.39, 0.29) is 30.9 Å². The zero-order valence-corrected chi connectivity index (χ0v) is 14.7. The van der Waals surface area contributed by atoms with E-state index in [1.807, 2.05) is 37.3 Å². The van der Waals surface area contributed by atoms with Crippen molar-refractivity contribution in [1.82, 2.24) is 10.2 Å². The Labute approximate surface area is 148 Å². The molecule has 1 aliphatic heterocycles. The van der Waals surface area contributed by atoms with Gasteiger partial charge in [0.05, 0.1) is 5.92 Å². The third kappa shape index (κ3) is 6.21. The first-order valence-corrected chi connectivity index (χ1v) is 8.85. The Morgan fingerprint density at radius 2 is 2.00 bits per heavy atom. The van der Waals surface area contributed by atoms with E-state index in [1.165, 1.54) is 0 Å². The van der Waals surface area contributed by atoms with Gasteiger partial charge < -0.3 is 15.0 Å². The highest BCUT2D eigenvalue weighted by atomic mass is 16.5. The summed E-state index contributed by atoms with van der Waals surface area (Å²) < 4.78 is 5.14. The van der Waals surface area contributed by atoms with Gasteiger partial charge in [-0.2, -0.15) is 0 Å². The van der Waals surface area contributed by atoms with E-state index in [1.54, 1.807) is 4.90 Å². The number of likely N-dealkylation sites (tertiary alicyclic amines) is 1. The number of esters is 1. The molecule has 1 aliphatic rings. The minimum absolute atomic E-state index is 0.0993. The zero-order valence-electron chi connectivity index (χ0n) is 14.7. The summed E-state index contributed by atoms with van der Waals surface area (Å²) in [6, 6.07) is 9.38. The molecule has 1 heterocycles. The van der Waals surface area contributed by atoms with Crippen molar-refractivity contribution in [3.05, 3.63) is 35.9 Å². The van der Waals surface area contributed by atoms with Gasteiger partial charge in [0.1, 0.15) is 13.2 Å². The van der Waals surface area contributed by atoms with Crippen molar-refractivity contribution in [2.45, 2.75) is 39.2 Å². The number of nitrogens with zero attached hydrogens (tertiary/aromatic N) is 1. The second-order valence-electron chi connectivity index (χ2n) is 6.29. The van der Waals surface area contributed by atoms with Gasteiger partial charge in [-0.3, -0.25) is 14.4 Å². The van der Waals surface area contributed by atoms with E-state index in [9.17, 15) is 14.4 Å². The molecule has 0 saturated carbocycles. The van der Waals surface area contributed by atoms with E-state index < -0.39 is 5.97 Å². The monoisotopic (exact) mass is 346 g/mol. The number of amides is 2. The number of benzene rings is 1. The van der Waals surface area contributed by atoms with Crippen LogP contribution < -0.4 is 5.32 Å². The first-order chi connectivity index (χ1) is 12.1. The molecule has 1 saturated heterocycles. The third-order valence-corrected chi connectivity index (χ3v) is 4.26. The fourth-order valence-electron chi connectivity index (χ4n) is 2.88. The summed E-state index contributed by atoms with van der Waals surface area (Å²) in [6.07, 6.45) is 2.87. The lowest BCUT2D eigenvalue weighted by Crippen LogP contribution is -2.46. The van der Waals surface area contributed by atoms with Crippen LogP contribution in [0.15, 0.2) is 30.3 Å². The van der Waals surface area contributed by atoms with Crippen molar-refractivity contribution in [3.63, 3.8) is 0 Å². The fraction of sp³-hybridized carbons (Fsp3) is 0.526. The van der Waals surface area contributed by atoms with Crippen LogP contribution in [0.3, 0.4) is 0 Å². The predicted octanol–water partition coefficient (Wildman–Crippen LogP) is 1.88. The number of carbonyl (C=O) groups excluding carboxylic acids is 3. The number of nitrogens with one attached hydrogen (secondary N) is 1. The second-order valence-corrected chi connectivity index (χ2v) is 6.29. The Balaban J connectivity index is 1.72. The summed E-state index contributed by atoms with van der Waals surface area (Å²) in [6.45, 7) is 3.15. The molecule has 1 fully saturated rings. The first-order valence-electron chi connectivity index (χ1n) is 8.85. The van der Waals surface area contributed by atoms with E-state index in [0.717, 1.165) is 24.8 Å². The van der Waals surface area contributed by atoms with Gasteiger partial charge in [0.2, 0.25) is 11.8 Å². The standard InChI is InChI=1S/C19H26N2O4/c1-2-7-17(22)21-11-6-10-16(13-21)19(24)20-12-18(23)25-14-15-8-4-3-5-9-15/h3-5,8-9,16H,2,6-7,10-14H2,1H3,(H,20,24). The van der Waals surface area contributed by atoms with Gasteiger partial charge in [-0.05, 0) is 24.8 Å². The van der Waals surface area contributed by atoms with Crippen LogP contribution in [0.1, 0.15) is 38.2 Å². The van der Waals surface area contributed by atoms with Gasteiger partial charge in [0, 0.05) is 19.5 Å². The topological polar surface area (TPSA) is 75.7 Å². The van der Waals surface area contributed by atoms with Crippen molar-refractivity contribution in [3.8, 4) is 0 Å². The fourth-order valence-corrected chi connectivity index (χ4v) is 2.88. The van der Waals surface area contributed by atoms with Crippen LogP contribution in [0, 0.1) is 5.92 Å². The molecule has 1 aromatic carbocycles. The van der Waals surface area contributed by atoms with Crippen LogP contribution in [-0.2, 0) is 25.7 Å². The molecule has 0 aromatic heterocycles. The van der Waals surface area contributed by atoms with E-state index in [4.69, 9.17) is 4.74 Å². The molecule has 6 heteroatoms. The van der Waals surface area contributed by atoms with Gasteiger partial charge in [0.15, 0.2) is 0 Å². The normalized spacial score (nSPS) is 17.0. The Morgan fingerprint density at radius 1 is 1.24 bits per heavy atom. The molecule has 1 N–H and O–H groups in total. The van der Waals surface area contributed by atoms with Crippen molar-refractivity contribution in [2.75, 3.05) is 19.6 Å². The van der Waals surface area contributed by atoms with Crippen molar-refractivity contribution in [2.24, 2.45) is 5.92 Å². The van der Waals surface area contributed by atoms with Crippen molar-refractivity contribution < 1.29 is 19.1 Å². The maximum atomic E-state index is 12.2.